The molecule has 0 aliphatic rings. The summed E-state index contributed by atoms with van der Waals surface area (Å²) in [6.45, 7) is 6.07. The average Bonchev–Trinajstić information content (AvgIpc) is 2.16. The van der Waals surface area contributed by atoms with Crippen molar-refractivity contribution in [3.8, 4) is 5.75 Å². The Kier molecular flexibility index (Phi) is 4.19. The van der Waals surface area contributed by atoms with E-state index in [1.807, 2.05) is 6.92 Å². The predicted molar refractivity (Wildman–Crippen MR) is 63.3 cm³/mol. The van der Waals surface area contributed by atoms with Crippen molar-refractivity contribution in [2.24, 2.45) is 5.92 Å². The van der Waals surface area contributed by atoms with E-state index in [9.17, 15) is 4.79 Å². The SMILES string of the molecule is CC(C)C(C)Oc1ccc(C(=O)O)c(Cl)c1. The highest BCUT2D eigenvalue weighted by Gasteiger charge is 2.12. The van der Waals surface area contributed by atoms with Gasteiger partial charge in [0.1, 0.15) is 5.75 Å². The third-order valence-electron chi connectivity index (χ3n) is 2.43. The Hall–Kier alpha value is -1.22. The van der Waals surface area contributed by atoms with Gasteiger partial charge in [-0.15, -0.1) is 0 Å². The van der Waals surface area contributed by atoms with E-state index in [1.54, 1.807) is 6.07 Å². The van der Waals surface area contributed by atoms with E-state index in [0.717, 1.165) is 0 Å². The summed E-state index contributed by atoms with van der Waals surface area (Å²) in [5, 5.41) is 9.00. The normalized spacial score (nSPS) is 12.6. The Bertz CT molecular complexity index is 388. The number of rotatable bonds is 4. The number of carboxylic acid groups (broad SMARTS) is 1. The minimum atomic E-state index is -1.03. The lowest BCUT2D eigenvalue weighted by Crippen LogP contribution is -2.18. The van der Waals surface area contributed by atoms with E-state index in [4.69, 9.17) is 21.4 Å². The fraction of sp³-hybridized carbons (Fsp3) is 0.417. The number of ether oxygens (including phenoxy) is 1. The van der Waals surface area contributed by atoms with Gasteiger partial charge in [0, 0.05) is 0 Å². The van der Waals surface area contributed by atoms with Crippen LogP contribution in [0.1, 0.15) is 31.1 Å². The lowest BCUT2D eigenvalue weighted by Gasteiger charge is -2.18. The maximum Gasteiger partial charge on any atom is 0.337 e. The van der Waals surface area contributed by atoms with Crippen LogP contribution in [0.15, 0.2) is 18.2 Å². The van der Waals surface area contributed by atoms with Crippen LogP contribution in [0, 0.1) is 5.92 Å². The number of benzene rings is 1. The molecule has 0 fully saturated rings. The molecule has 1 aromatic carbocycles. The summed E-state index contributed by atoms with van der Waals surface area (Å²) < 4.78 is 5.61. The summed E-state index contributed by atoms with van der Waals surface area (Å²) in [5.74, 6) is -0.0532. The molecule has 16 heavy (non-hydrogen) atoms. The highest BCUT2D eigenvalue weighted by molar-refractivity contribution is 6.33. The maximum atomic E-state index is 10.7. The second kappa shape index (κ2) is 5.21. The van der Waals surface area contributed by atoms with Crippen molar-refractivity contribution in [1.29, 1.82) is 0 Å². The van der Waals surface area contributed by atoms with Crippen molar-refractivity contribution in [3.05, 3.63) is 28.8 Å². The Balaban J connectivity index is 2.85. The van der Waals surface area contributed by atoms with Crippen molar-refractivity contribution in [3.63, 3.8) is 0 Å². The van der Waals surface area contributed by atoms with E-state index in [0.29, 0.717) is 11.7 Å². The number of aromatic carboxylic acids is 1. The summed E-state index contributed by atoms with van der Waals surface area (Å²) in [5.41, 5.74) is 0.0891. The Morgan fingerprint density at radius 2 is 2.00 bits per heavy atom. The van der Waals surface area contributed by atoms with Crippen LogP contribution in [-0.4, -0.2) is 17.2 Å². The van der Waals surface area contributed by atoms with Crippen LogP contribution in [0.5, 0.6) is 5.75 Å². The molecule has 1 N–H and O–H groups in total. The first-order valence-corrected chi connectivity index (χ1v) is 5.49. The van der Waals surface area contributed by atoms with Gasteiger partial charge in [-0.05, 0) is 31.0 Å². The summed E-state index contributed by atoms with van der Waals surface area (Å²) in [4.78, 5) is 10.7. The van der Waals surface area contributed by atoms with Gasteiger partial charge in [0.25, 0.3) is 0 Å². The summed E-state index contributed by atoms with van der Waals surface area (Å²) >= 11 is 5.83. The van der Waals surface area contributed by atoms with Gasteiger partial charge in [-0.25, -0.2) is 4.79 Å². The van der Waals surface area contributed by atoms with Crippen LogP contribution in [0.25, 0.3) is 0 Å². The largest absolute Gasteiger partial charge is 0.490 e. The van der Waals surface area contributed by atoms with Gasteiger partial charge in [-0.3, -0.25) is 0 Å². The molecule has 1 rings (SSSR count). The van der Waals surface area contributed by atoms with Crippen LogP contribution in [0.3, 0.4) is 0 Å². The lowest BCUT2D eigenvalue weighted by molar-refractivity contribution is 0.0697. The predicted octanol–water partition coefficient (Wildman–Crippen LogP) is 3.46. The molecular formula is C12H15ClO3. The molecule has 88 valence electrons. The molecule has 0 aliphatic carbocycles. The number of hydrogen-bond donors (Lipinski definition) is 1. The topological polar surface area (TPSA) is 46.5 Å². The van der Waals surface area contributed by atoms with Gasteiger partial charge in [0.05, 0.1) is 16.7 Å². The zero-order chi connectivity index (χ0) is 12.3. The second-order valence-corrected chi connectivity index (χ2v) is 4.42. The van der Waals surface area contributed by atoms with Gasteiger partial charge in [-0.2, -0.15) is 0 Å². The minimum Gasteiger partial charge on any atom is -0.490 e. The van der Waals surface area contributed by atoms with Crippen molar-refractivity contribution in [2.45, 2.75) is 26.9 Å². The van der Waals surface area contributed by atoms with E-state index >= 15 is 0 Å². The van der Waals surface area contributed by atoms with Gasteiger partial charge >= 0.3 is 5.97 Å². The molecule has 0 saturated carbocycles. The third kappa shape index (κ3) is 3.14. The van der Waals surface area contributed by atoms with E-state index in [-0.39, 0.29) is 16.7 Å². The first-order chi connectivity index (χ1) is 7.41. The van der Waals surface area contributed by atoms with E-state index in [1.165, 1.54) is 12.1 Å². The smallest absolute Gasteiger partial charge is 0.337 e. The molecule has 0 saturated heterocycles. The number of hydrogen-bond acceptors (Lipinski definition) is 2. The summed E-state index contributed by atoms with van der Waals surface area (Å²) in [6.07, 6.45) is 0.0618. The van der Waals surface area contributed by atoms with Crippen LogP contribution in [0.2, 0.25) is 5.02 Å². The van der Waals surface area contributed by atoms with Gasteiger partial charge in [0.15, 0.2) is 0 Å². The van der Waals surface area contributed by atoms with Crippen molar-refractivity contribution in [1.82, 2.24) is 0 Å². The maximum absolute atomic E-state index is 10.7. The monoisotopic (exact) mass is 242 g/mol. The van der Waals surface area contributed by atoms with Crippen LogP contribution in [-0.2, 0) is 0 Å². The minimum absolute atomic E-state index is 0.0618. The van der Waals surface area contributed by atoms with Crippen molar-refractivity contribution >= 4 is 17.6 Å². The Morgan fingerprint density at radius 3 is 2.44 bits per heavy atom. The highest BCUT2D eigenvalue weighted by atomic mass is 35.5. The van der Waals surface area contributed by atoms with Gasteiger partial charge in [-0.1, -0.05) is 25.4 Å². The van der Waals surface area contributed by atoms with Crippen LogP contribution in [0.4, 0.5) is 0 Å². The van der Waals surface area contributed by atoms with Gasteiger partial charge in [0.2, 0.25) is 0 Å². The zero-order valence-electron chi connectivity index (χ0n) is 9.53. The molecule has 0 aliphatic heterocycles. The molecule has 1 atom stereocenters. The second-order valence-electron chi connectivity index (χ2n) is 4.01. The lowest BCUT2D eigenvalue weighted by atomic mass is 10.1. The molecule has 0 heterocycles. The van der Waals surface area contributed by atoms with Crippen LogP contribution < -0.4 is 4.74 Å². The molecule has 4 heteroatoms. The third-order valence-corrected chi connectivity index (χ3v) is 2.74. The van der Waals surface area contributed by atoms with E-state index < -0.39 is 5.97 Å². The molecule has 0 spiro atoms. The Labute approximate surface area is 100.0 Å². The fourth-order valence-electron chi connectivity index (χ4n) is 1.09. The molecule has 0 bridgehead atoms. The number of carboxylic acids is 1. The molecule has 1 unspecified atom stereocenters. The van der Waals surface area contributed by atoms with E-state index in [2.05, 4.69) is 13.8 Å². The molecule has 0 amide bonds. The first-order valence-electron chi connectivity index (χ1n) is 5.11. The fourth-order valence-corrected chi connectivity index (χ4v) is 1.34. The van der Waals surface area contributed by atoms with Crippen LogP contribution >= 0.6 is 11.6 Å². The standard InChI is InChI=1S/C12H15ClO3/c1-7(2)8(3)16-9-4-5-10(12(14)15)11(13)6-9/h4-8H,1-3H3,(H,14,15). The summed E-state index contributed by atoms with van der Waals surface area (Å²) in [6, 6.07) is 4.60. The first kappa shape index (κ1) is 12.8. The molecule has 0 radical (unpaired) electrons. The molecule has 0 aromatic heterocycles. The Morgan fingerprint density at radius 1 is 1.38 bits per heavy atom. The highest BCUT2D eigenvalue weighted by Crippen LogP contribution is 2.24. The molecule has 3 nitrogen and oxygen atoms in total. The quantitative estimate of drug-likeness (QED) is 0.880. The van der Waals surface area contributed by atoms with Crippen molar-refractivity contribution in [2.75, 3.05) is 0 Å². The van der Waals surface area contributed by atoms with Crippen molar-refractivity contribution < 1.29 is 14.6 Å². The zero-order valence-corrected chi connectivity index (χ0v) is 10.3. The molecular weight excluding hydrogens is 228 g/mol. The number of halogens is 1. The van der Waals surface area contributed by atoms with Gasteiger partial charge < -0.3 is 9.84 Å². The number of carbonyl (C=O) groups is 1. The average molecular weight is 243 g/mol. The summed E-state index contributed by atoms with van der Waals surface area (Å²) in [7, 11) is 0. The molecule has 1 aromatic rings.